The van der Waals surface area contributed by atoms with Crippen LogP contribution in [0.5, 0.6) is 11.5 Å². The van der Waals surface area contributed by atoms with Crippen molar-refractivity contribution >= 4 is 15.9 Å². The standard InChI is InChI=1S/C24H20BrFN2O2/c1-29-20-10-4-7-17(13-20)23-22(25)24(18-8-5-11-21(14-18)30-2)28(27-23)15-16-6-3-9-19(26)12-16/h3-14H,15H2,1-2H3. The number of aromatic nitrogens is 2. The first-order valence-electron chi connectivity index (χ1n) is 9.38. The van der Waals surface area contributed by atoms with Crippen molar-refractivity contribution in [3.8, 4) is 34.0 Å². The maximum atomic E-state index is 13.8. The molecule has 3 aromatic carbocycles. The number of nitrogens with zero attached hydrogens (tertiary/aromatic N) is 2. The summed E-state index contributed by atoms with van der Waals surface area (Å²) in [6.07, 6.45) is 0. The van der Waals surface area contributed by atoms with Gasteiger partial charge in [-0.2, -0.15) is 5.10 Å². The van der Waals surface area contributed by atoms with E-state index >= 15 is 0 Å². The van der Waals surface area contributed by atoms with Gasteiger partial charge in [0.05, 0.1) is 30.9 Å². The molecule has 0 aliphatic heterocycles. The van der Waals surface area contributed by atoms with Gasteiger partial charge in [-0.05, 0) is 57.9 Å². The van der Waals surface area contributed by atoms with Crippen molar-refractivity contribution in [3.05, 3.63) is 88.6 Å². The minimum absolute atomic E-state index is 0.269. The van der Waals surface area contributed by atoms with Crippen LogP contribution >= 0.6 is 15.9 Å². The first-order valence-corrected chi connectivity index (χ1v) is 10.2. The summed E-state index contributed by atoms with van der Waals surface area (Å²) >= 11 is 3.76. The maximum absolute atomic E-state index is 13.8. The Balaban J connectivity index is 1.88. The number of methoxy groups -OCH3 is 2. The van der Waals surface area contributed by atoms with Crippen LogP contribution < -0.4 is 9.47 Å². The van der Waals surface area contributed by atoms with Crippen molar-refractivity contribution in [2.75, 3.05) is 14.2 Å². The van der Waals surface area contributed by atoms with Crippen molar-refractivity contribution in [1.82, 2.24) is 9.78 Å². The van der Waals surface area contributed by atoms with Crippen molar-refractivity contribution in [3.63, 3.8) is 0 Å². The third-order valence-electron chi connectivity index (χ3n) is 4.80. The largest absolute Gasteiger partial charge is 0.497 e. The first-order chi connectivity index (χ1) is 14.6. The molecule has 0 aliphatic carbocycles. The molecule has 0 unspecified atom stereocenters. The van der Waals surface area contributed by atoms with E-state index in [-0.39, 0.29) is 5.82 Å². The SMILES string of the molecule is COc1cccc(-c2nn(Cc3cccc(F)c3)c(-c3cccc(OC)c3)c2Br)c1. The Kier molecular flexibility index (Phi) is 5.86. The molecule has 30 heavy (non-hydrogen) atoms. The molecule has 6 heteroatoms. The van der Waals surface area contributed by atoms with Crippen molar-refractivity contribution in [2.24, 2.45) is 0 Å². The van der Waals surface area contributed by atoms with Gasteiger partial charge in [-0.1, -0.05) is 36.4 Å². The Morgan fingerprint density at radius 2 is 1.50 bits per heavy atom. The van der Waals surface area contributed by atoms with Gasteiger partial charge in [0.25, 0.3) is 0 Å². The van der Waals surface area contributed by atoms with E-state index in [0.717, 1.165) is 44.0 Å². The fourth-order valence-electron chi connectivity index (χ4n) is 3.36. The molecule has 0 radical (unpaired) electrons. The minimum Gasteiger partial charge on any atom is -0.497 e. The molecule has 152 valence electrons. The monoisotopic (exact) mass is 466 g/mol. The van der Waals surface area contributed by atoms with Gasteiger partial charge in [-0.25, -0.2) is 4.39 Å². The van der Waals surface area contributed by atoms with E-state index in [0.29, 0.717) is 6.54 Å². The second-order valence-electron chi connectivity index (χ2n) is 6.76. The van der Waals surface area contributed by atoms with Gasteiger partial charge in [0.2, 0.25) is 0 Å². The minimum atomic E-state index is -0.269. The van der Waals surface area contributed by atoms with E-state index in [1.807, 2.05) is 59.3 Å². The van der Waals surface area contributed by atoms with Crippen LogP contribution in [0.3, 0.4) is 0 Å². The van der Waals surface area contributed by atoms with Crippen LogP contribution in [0, 0.1) is 5.82 Å². The Bertz CT molecular complexity index is 1190. The van der Waals surface area contributed by atoms with Gasteiger partial charge in [0.1, 0.15) is 23.0 Å². The number of halogens is 2. The Hall–Kier alpha value is -3.12. The lowest BCUT2D eigenvalue weighted by Crippen LogP contribution is -2.04. The second-order valence-corrected chi connectivity index (χ2v) is 7.56. The van der Waals surface area contributed by atoms with Crippen LogP contribution in [-0.2, 0) is 6.54 Å². The number of rotatable bonds is 6. The lowest BCUT2D eigenvalue weighted by molar-refractivity contribution is 0.415. The fourth-order valence-corrected chi connectivity index (χ4v) is 4.11. The predicted octanol–water partition coefficient (Wildman–Crippen LogP) is 6.18. The topological polar surface area (TPSA) is 36.3 Å². The summed E-state index contributed by atoms with van der Waals surface area (Å²) < 4.78 is 27.3. The van der Waals surface area contributed by atoms with Crippen LogP contribution in [0.15, 0.2) is 77.3 Å². The van der Waals surface area contributed by atoms with Crippen LogP contribution in [0.4, 0.5) is 4.39 Å². The predicted molar refractivity (Wildman–Crippen MR) is 119 cm³/mol. The summed E-state index contributed by atoms with van der Waals surface area (Å²) in [5.74, 6) is 1.23. The van der Waals surface area contributed by atoms with Crippen LogP contribution in [0.2, 0.25) is 0 Å². The van der Waals surface area contributed by atoms with Crippen LogP contribution in [0.1, 0.15) is 5.56 Å². The van der Waals surface area contributed by atoms with Crippen molar-refractivity contribution in [1.29, 1.82) is 0 Å². The van der Waals surface area contributed by atoms with Gasteiger partial charge in [0, 0.05) is 11.1 Å². The van der Waals surface area contributed by atoms with Crippen molar-refractivity contribution in [2.45, 2.75) is 6.54 Å². The second kappa shape index (κ2) is 8.71. The molecule has 4 aromatic rings. The summed E-state index contributed by atoms with van der Waals surface area (Å²) in [6.45, 7) is 0.423. The Morgan fingerprint density at radius 1 is 0.867 bits per heavy atom. The highest BCUT2D eigenvalue weighted by molar-refractivity contribution is 9.10. The van der Waals surface area contributed by atoms with Gasteiger partial charge >= 0.3 is 0 Å². The molecule has 0 atom stereocenters. The molecule has 0 saturated carbocycles. The number of benzene rings is 3. The summed E-state index contributed by atoms with van der Waals surface area (Å²) in [4.78, 5) is 0. The zero-order valence-corrected chi connectivity index (χ0v) is 18.2. The number of hydrogen-bond acceptors (Lipinski definition) is 3. The molecule has 0 aliphatic rings. The first kappa shape index (κ1) is 20.2. The lowest BCUT2D eigenvalue weighted by Gasteiger charge is -2.10. The highest BCUT2D eigenvalue weighted by Gasteiger charge is 2.20. The normalized spacial score (nSPS) is 10.8. The average molecular weight is 467 g/mol. The molecule has 4 nitrogen and oxygen atoms in total. The molecule has 0 amide bonds. The molecule has 1 aromatic heterocycles. The summed E-state index contributed by atoms with van der Waals surface area (Å²) in [5.41, 5.74) is 4.35. The van der Waals surface area contributed by atoms with Gasteiger partial charge in [-0.15, -0.1) is 0 Å². The molecular formula is C24H20BrFN2O2. The fraction of sp³-hybridized carbons (Fsp3) is 0.125. The molecule has 0 N–H and O–H groups in total. The molecule has 1 heterocycles. The highest BCUT2D eigenvalue weighted by atomic mass is 79.9. The summed E-state index contributed by atoms with van der Waals surface area (Å²) in [5, 5.41) is 4.86. The van der Waals surface area contributed by atoms with Gasteiger partial charge in [-0.3, -0.25) is 4.68 Å². The Morgan fingerprint density at radius 3 is 2.17 bits per heavy atom. The lowest BCUT2D eigenvalue weighted by atomic mass is 10.1. The van der Waals surface area contributed by atoms with Crippen molar-refractivity contribution < 1.29 is 13.9 Å². The van der Waals surface area contributed by atoms with E-state index in [4.69, 9.17) is 14.6 Å². The van der Waals surface area contributed by atoms with Crippen LogP contribution in [0.25, 0.3) is 22.5 Å². The highest BCUT2D eigenvalue weighted by Crippen LogP contribution is 2.38. The van der Waals surface area contributed by atoms with Gasteiger partial charge in [0.15, 0.2) is 0 Å². The molecule has 0 bridgehead atoms. The Labute approximate surface area is 183 Å². The van der Waals surface area contributed by atoms with Gasteiger partial charge < -0.3 is 9.47 Å². The summed E-state index contributed by atoms with van der Waals surface area (Å²) in [7, 11) is 3.28. The number of ether oxygens (including phenoxy) is 2. The molecule has 0 spiro atoms. The smallest absolute Gasteiger partial charge is 0.123 e. The zero-order valence-electron chi connectivity index (χ0n) is 16.6. The maximum Gasteiger partial charge on any atom is 0.123 e. The quantitative estimate of drug-likeness (QED) is 0.340. The zero-order chi connectivity index (χ0) is 21.1. The molecule has 0 fully saturated rings. The third-order valence-corrected chi connectivity index (χ3v) is 5.55. The molecular weight excluding hydrogens is 447 g/mol. The van der Waals surface area contributed by atoms with E-state index in [2.05, 4.69) is 15.9 Å². The van der Waals surface area contributed by atoms with E-state index in [1.54, 1.807) is 20.3 Å². The van der Waals surface area contributed by atoms with Crippen LogP contribution in [-0.4, -0.2) is 24.0 Å². The van der Waals surface area contributed by atoms with E-state index < -0.39 is 0 Å². The third kappa shape index (κ3) is 4.09. The number of hydrogen-bond donors (Lipinski definition) is 0. The summed E-state index contributed by atoms with van der Waals surface area (Å²) in [6, 6.07) is 22.1. The van der Waals surface area contributed by atoms with E-state index in [9.17, 15) is 4.39 Å². The molecule has 4 rings (SSSR count). The molecule has 0 saturated heterocycles. The van der Waals surface area contributed by atoms with E-state index in [1.165, 1.54) is 12.1 Å². The average Bonchev–Trinajstić information content (AvgIpc) is 3.09.